The van der Waals surface area contributed by atoms with E-state index in [-0.39, 0.29) is 5.91 Å². The van der Waals surface area contributed by atoms with Crippen LogP contribution in [0.5, 0.6) is 0 Å². The highest BCUT2D eigenvalue weighted by Gasteiger charge is 2.33. The Bertz CT molecular complexity index is 969. The van der Waals surface area contributed by atoms with E-state index >= 15 is 0 Å². The molecule has 1 amide bonds. The second kappa shape index (κ2) is 7.14. The van der Waals surface area contributed by atoms with Crippen molar-refractivity contribution in [3.63, 3.8) is 0 Å². The summed E-state index contributed by atoms with van der Waals surface area (Å²) in [6, 6.07) is 12.1. The molecule has 2 heterocycles. The second-order valence-corrected chi connectivity index (χ2v) is 7.10. The van der Waals surface area contributed by atoms with Crippen molar-refractivity contribution in [3.8, 4) is 5.69 Å². The molecule has 2 aromatic heterocycles. The molecule has 4 rings (SSSR count). The molecule has 5 nitrogen and oxygen atoms in total. The van der Waals surface area contributed by atoms with E-state index in [2.05, 4.69) is 6.92 Å². The number of para-hydroxylation sites is 1. The van der Waals surface area contributed by atoms with E-state index in [0.29, 0.717) is 19.0 Å². The van der Waals surface area contributed by atoms with Crippen LogP contribution in [0.15, 0.2) is 36.4 Å². The predicted molar refractivity (Wildman–Crippen MR) is 107 cm³/mol. The fourth-order valence-corrected chi connectivity index (χ4v) is 3.62. The lowest BCUT2D eigenvalue weighted by atomic mass is 10.0. The Hall–Kier alpha value is -2.69. The minimum atomic E-state index is 0.0802. The number of hydrogen-bond acceptors (Lipinski definition) is 3. The first-order valence-corrected chi connectivity index (χ1v) is 9.95. The number of fused-ring (bicyclic) bond motifs is 1. The van der Waals surface area contributed by atoms with Gasteiger partial charge in [0.1, 0.15) is 0 Å². The number of carbonyl (C=O) groups excluding carboxylic acids is 1. The number of hydrogen-bond donors (Lipinski definition) is 0. The molecule has 0 spiro atoms. The van der Waals surface area contributed by atoms with Crippen LogP contribution >= 0.6 is 0 Å². The number of carbonyl (C=O) groups is 1. The van der Waals surface area contributed by atoms with Crippen LogP contribution in [-0.4, -0.2) is 38.7 Å². The maximum absolute atomic E-state index is 13.3. The number of amides is 1. The molecular weight excluding hydrogens is 336 g/mol. The number of aryl methyl sites for hydroxylation is 1. The second-order valence-electron chi connectivity index (χ2n) is 7.10. The third kappa shape index (κ3) is 3.11. The summed E-state index contributed by atoms with van der Waals surface area (Å²) < 4.78 is 1.92. The van der Waals surface area contributed by atoms with Crippen molar-refractivity contribution < 1.29 is 4.79 Å². The minimum absolute atomic E-state index is 0.0802. The highest BCUT2D eigenvalue weighted by molar-refractivity contribution is 6.07. The first-order valence-electron chi connectivity index (χ1n) is 9.95. The van der Waals surface area contributed by atoms with Crippen molar-refractivity contribution >= 4 is 16.9 Å². The van der Waals surface area contributed by atoms with Crippen LogP contribution in [0.1, 0.15) is 61.3 Å². The molecular formula is C22H26N4O. The zero-order valence-corrected chi connectivity index (χ0v) is 16.3. The van der Waals surface area contributed by atoms with Gasteiger partial charge in [-0.3, -0.25) is 4.79 Å². The average Bonchev–Trinajstić information content (AvgIpc) is 3.49. The van der Waals surface area contributed by atoms with Gasteiger partial charge in [0.15, 0.2) is 5.65 Å². The third-order valence-corrected chi connectivity index (χ3v) is 5.33. The van der Waals surface area contributed by atoms with Gasteiger partial charge in [0.05, 0.1) is 22.3 Å². The van der Waals surface area contributed by atoms with E-state index in [0.717, 1.165) is 52.9 Å². The summed E-state index contributed by atoms with van der Waals surface area (Å²) in [5.74, 6) is 0.520. The van der Waals surface area contributed by atoms with Gasteiger partial charge in [-0.25, -0.2) is 9.67 Å². The van der Waals surface area contributed by atoms with E-state index in [1.807, 2.05) is 59.8 Å². The van der Waals surface area contributed by atoms with Gasteiger partial charge >= 0.3 is 0 Å². The molecule has 1 saturated carbocycles. The molecule has 27 heavy (non-hydrogen) atoms. The normalized spacial score (nSPS) is 13.9. The van der Waals surface area contributed by atoms with Crippen LogP contribution in [0.4, 0.5) is 0 Å². The van der Waals surface area contributed by atoms with E-state index < -0.39 is 0 Å². The number of benzene rings is 1. The number of aromatic nitrogens is 3. The maximum atomic E-state index is 13.3. The summed E-state index contributed by atoms with van der Waals surface area (Å²) in [6.07, 6.45) is 3.05. The first kappa shape index (κ1) is 17.7. The fraction of sp³-hybridized carbons (Fsp3) is 0.409. The Morgan fingerprint density at radius 3 is 2.44 bits per heavy atom. The summed E-state index contributed by atoms with van der Waals surface area (Å²) in [4.78, 5) is 20.1. The van der Waals surface area contributed by atoms with Crippen molar-refractivity contribution in [1.82, 2.24) is 19.7 Å². The monoisotopic (exact) mass is 362 g/mol. The maximum Gasteiger partial charge on any atom is 0.254 e. The van der Waals surface area contributed by atoms with Gasteiger partial charge < -0.3 is 4.90 Å². The Balaban J connectivity index is 2.00. The zero-order chi connectivity index (χ0) is 19.0. The van der Waals surface area contributed by atoms with Crippen LogP contribution in [0, 0.1) is 0 Å². The molecule has 0 radical (unpaired) electrons. The molecule has 1 aliphatic carbocycles. The topological polar surface area (TPSA) is 51.0 Å². The van der Waals surface area contributed by atoms with Crippen molar-refractivity contribution in [3.05, 3.63) is 53.3 Å². The van der Waals surface area contributed by atoms with Crippen LogP contribution < -0.4 is 0 Å². The van der Waals surface area contributed by atoms with Crippen LogP contribution in [0.2, 0.25) is 0 Å². The molecule has 0 saturated heterocycles. The van der Waals surface area contributed by atoms with E-state index in [9.17, 15) is 4.79 Å². The molecule has 1 aromatic carbocycles. The van der Waals surface area contributed by atoms with E-state index in [4.69, 9.17) is 10.1 Å². The smallest absolute Gasteiger partial charge is 0.254 e. The molecule has 0 N–H and O–H groups in total. The number of rotatable bonds is 6. The van der Waals surface area contributed by atoms with Gasteiger partial charge in [-0.2, -0.15) is 5.10 Å². The van der Waals surface area contributed by atoms with Gasteiger partial charge in [-0.05, 0) is 51.3 Å². The molecule has 140 valence electrons. The van der Waals surface area contributed by atoms with Crippen molar-refractivity contribution in [2.24, 2.45) is 0 Å². The average molecular weight is 362 g/mol. The molecule has 3 aromatic rings. The Morgan fingerprint density at radius 1 is 1.15 bits per heavy atom. The van der Waals surface area contributed by atoms with Crippen molar-refractivity contribution in [1.29, 1.82) is 0 Å². The van der Waals surface area contributed by atoms with E-state index in [1.165, 1.54) is 0 Å². The SMILES string of the molecule is CCc1cc(C(=O)N(CC)CC)c2c(C3CC3)nn(-c3ccccc3)c2n1. The zero-order valence-electron chi connectivity index (χ0n) is 16.3. The van der Waals surface area contributed by atoms with E-state index in [1.54, 1.807) is 0 Å². The summed E-state index contributed by atoms with van der Waals surface area (Å²) >= 11 is 0. The van der Waals surface area contributed by atoms with Gasteiger partial charge in [-0.15, -0.1) is 0 Å². The molecule has 1 fully saturated rings. The minimum Gasteiger partial charge on any atom is -0.339 e. The largest absolute Gasteiger partial charge is 0.339 e. The highest BCUT2D eigenvalue weighted by Crippen LogP contribution is 2.43. The quantitative estimate of drug-likeness (QED) is 0.655. The predicted octanol–water partition coefficient (Wildman–Crippen LogP) is 4.34. The Morgan fingerprint density at radius 2 is 1.85 bits per heavy atom. The van der Waals surface area contributed by atoms with Crippen LogP contribution in [-0.2, 0) is 6.42 Å². The first-order chi connectivity index (χ1) is 13.2. The molecule has 0 aliphatic heterocycles. The van der Waals surface area contributed by atoms with Crippen LogP contribution in [0.3, 0.4) is 0 Å². The lowest BCUT2D eigenvalue weighted by Gasteiger charge is -2.19. The van der Waals surface area contributed by atoms with Gasteiger partial charge in [0.2, 0.25) is 0 Å². The van der Waals surface area contributed by atoms with Gasteiger partial charge in [-0.1, -0.05) is 25.1 Å². The summed E-state index contributed by atoms with van der Waals surface area (Å²) in [5.41, 5.74) is 4.50. The Labute approximate surface area is 160 Å². The van der Waals surface area contributed by atoms with Crippen molar-refractivity contribution in [2.75, 3.05) is 13.1 Å². The molecule has 0 atom stereocenters. The Kier molecular flexibility index (Phi) is 4.68. The van der Waals surface area contributed by atoms with Gasteiger partial charge in [0, 0.05) is 24.7 Å². The summed E-state index contributed by atoms with van der Waals surface area (Å²) in [7, 11) is 0. The standard InChI is InChI=1S/C22H26N4O/c1-4-16-14-18(22(27)25(5-2)6-3)19-20(15-12-13-15)24-26(21(19)23-16)17-10-8-7-9-11-17/h7-11,14-15H,4-6,12-13H2,1-3H3. The lowest BCUT2D eigenvalue weighted by molar-refractivity contribution is 0.0774. The fourth-order valence-electron chi connectivity index (χ4n) is 3.62. The number of pyridine rings is 1. The molecule has 5 heteroatoms. The summed E-state index contributed by atoms with van der Waals surface area (Å²) in [5, 5.41) is 5.87. The molecule has 1 aliphatic rings. The summed E-state index contributed by atoms with van der Waals surface area (Å²) in [6.45, 7) is 7.52. The highest BCUT2D eigenvalue weighted by atomic mass is 16.2. The van der Waals surface area contributed by atoms with Crippen molar-refractivity contribution in [2.45, 2.75) is 46.0 Å². The lowest BCUT2D eigenvalue weighted by Crippen LogP contribution is -2.30. The van der Waals surface area contributed by atoms with Gasteiger partial charge in [0.25, 0.3) is 5.91 Å². The van der Waals surface area contributed by atoms with Crippen LogP contribution in [0.25, 0.3) is 16.7 Å². The number of nitrogens with zero attached hydrogens (tertiary/aromatic N) is 4. The third-order valence-electron chi connectivity index (χ3n) is 5.33. The molecule has 0 unspecified atom stereocenters. The molecule has 0 bridgehead atoms.